The first-order valence-corrected chi connectivity index (χ1v) is 5.88. The van der Waals surface area contributed by atoms with Gasteiger partial charge in [0.15, 0.2) is 0 Å². The third-order valence-electron chi connectivity index (χ3n) is 2.13. The zero-order chi connectivity index (χ0) is 7.40. The third-order valence-corrected chi connectivity index (χ3v) is 3.20. The summed E-state index contributed by atoms with van der Waals surface area (Å²) in [5.74, 6) is 2.02. The van der Waals surface area contributed by atoms with Crippen LogP contribution in [0.4, 0.5) is 0 Å². The highest BCUT2D eigenvalue weighted by atomic mass is 33.1. The molecule has 1 saturated carbocycles. The SMILES string of the molecule is N[C@H]1CCC[C@H](CSS)C1. The third kappa shape index (κ3) is 2.72. The molecule has 1 aliphatic rings. The fourth-order valence-electron chi connectivity index (χ4n) is 1.59. The second kappa shape index (κ2) is 4.52. The average molecular weight is 177 g/mol. The molecule has 0 aromatic carbocycles. The van der Waals surface area contributed by atoms with E-state index in [2.05, 4.69) is 11.7 Å². The van der Waals surface area contributed by atoms with E-state index in [1.807, 2.05) is 0 Å². The van der Waals surface area contributed by atoms with E-state index in [1.54, 1.807) is 10.8 Å². The first-order chi connectivity index (χ1) is 4.83. The van der Waals surface area contributed by atoms with Gasteiger partial charge in [0.1, 0.15) is 0 Å². The Balaban J connectivity index is 2.18. The molecule has 0 aromatic heterocycles. The van der Waals surface area contributed by atoms with Gasteiger partial charge in [-0.3, -0.25) is 0 Å². The summed E-state index contributed by atoms with van der Waals surface area (Å²) in [7, 11) is 1.65. The van der Waals surface area contributed by atoms with E-state index in [9.17, 15) is 0 Å². The second-order valence-corrected chi connectivity index (χ2v) is 4.45. The number of nitrogens with two attached hydrogens (primary N) is 1. The molecule has 1 rings (SSSR count). The molecule has 2 atom stereocenters. The number of hydrogen-bond donors (Lipinski definition) is 2. The van der Waals surface area contributed by atoms with Gasteiger partial charge in [0.25, 0.3) is 0 Å². The maximum Gasteiger partial charge on any atom is 0.00634 e. The van der Waals surface area contributed by atoms with Crippen molar-refractivity contribution < 1.29 is 0 Å². The van der Waals surface area contributed by atoms with Crippen molar-refractivity contribution in [3.05, 3.63) is 0 Å². The van der Waals surface area contributed by atoms with Gasteiger partial charge in [-0.05, 0) is 25.2 Å². The molecule has 0 heterocycles. The van der Waals surface area contributed by atoms with Crippen LogP contribution in [0, 0.1) is 5.92 Å². The van der Waals surface area contributed by atoms with E-state index in [1.165, 1.54) is 31.4 Å². The smallest absolute Gasteiger partial charge is 0.00634 e. The van der Waals surface area contributed by atoms with Crippen LogP contribution in [-0.2, 0) is 0 Å². The number of rotatable bonds is 2. The quantitative estimate of drug-likeness (QED) is 0.499. The van der Waals surface area contributed by atoms with Crippen molar-refractivity contribution >= 4 is 22.5 Å². The number of hydrogen-bond acceptors (Lipinski definition) is 3. The summed E-state index contributed by atoms with van der Waals surface area (Å²) >= 11 is 4.14. The fourth-order valence-corrected chi connectivity index (χ4v) is 2.74. The lowest BCUT2D eigenvalue weighted by atomic mass is 9.87. The van der Waals surface area contributed by atoms with Crippen molar-refractivity contribution in [1.82, 2.24) is 0 Å². The fraction of sp³-hybridized carbons (Fsp3) is 1.00. The van der Waals surface area contributed by atoms with Gasteiger partial charge in [-0.2, -0.15) is 0 Å². The molecule has 0 aromatic rings. The van der Waals surface area contributed by atoms with E-state index in [0.717, 1.165) is 5.92 Å². The summed E-state index contributed by atoms with van der Waals surface area (Å²) in [6.45, 7) is 0. The molecule has 0 bridgehead atoms. The molecule has 0 spiro atoms. The predicted molar refractivity (Wildman–Crippen MR) is 51.4 cm³/mol. The molecule has 1 nitrogen and oxygen atoms in total. The van der Waals surface area contributed by atoms with Crippen LogP contribution >= 0.6 is 22.5 Å². The Morgan fingerprint density at radius 3 is 2.90 bits per heavy atom. The summed E-state index contributed by atoms with van der Waals surface area (Å²) < 4.78 is 0. The van der Waals surface area contributed by atoms with Crippen LogP contribution in [0.1, 0.15) is 25.7 Å². The predicted octanol–water partition coefficient (Wildman–Crippen LogP) is 2.08. The molecule has 2 N–H and O–H groups in total. The van der Waals surface area contributed by atoms with Crippen molar-refractivity contribution in [1.29, 1.82) is 0 Å². The second-order valence-electron chi connectivity index (χ2n) is 3.09. The molecule has 0 aliphatic heterocycles. The highest BCUT2D eigenvalue weighted by molar-refractivity contribution is 8.68. The summed E-state index contributed by atoms with van der Waals surface area (Å²) in [5, 5.41) is 0. The first-order valence-electron chi connectivity index (χ1n) is 3.85. The Hall–Kier alpha value is 0.660. The van der Waals surface area contributed by atoms with E-state index in [0.29, 0.717) is 6.04 Å². The van der Waals surface area contributed by atoms with Crippen molar-refractivity contribution in [2.75, 3.05) is 5.75 Å². The van der Waals surface area contributed by atoms with Gasteiger partial charge in [-0.15, -0.1) is 11.7 Å². The lowest BCUT2D eigenvalue weighted by Gasteiger charge is -2.25. The van der Waals surface area contributed by atoms with Gasteiger partial charge in [0.2, 0.25) is 0 Å². The minimum absolute atomic E-state index is 0.472. The molecule has 0 unspecified atom stereocenters. The normalized spacial score (nSPS) is 34.2. The molecule has 1 fully saturated rings. The van der Waals surface area contributed by atoms with Gasteiger partial charge < -0.3 is 5.73 Å². The molecular formula is C7H15NS2. The summed E-state index contributed by atoms with van der Waals surface area (Å²) in [6, 6.07) is 0.472. The topological polar surface area (TPSA) is 26.0 Å². The maximum absolute atomic E-state index is 5.82. The van der Waals surface area contributed by atoms with Crippen LogP contribution in [-0.4, -0.2) is 11.8 Å². The molecular weight excluding hydrogens is 162 g/mol. The maximum atomic E-state index is 5.82. The van der Waals surface area contributed by atoms with Crippen molar-refractivity contribution in [2.24, 2.45) is 11.7 Å². The molecule has 0 radical (unpaired) electrons. The molecule has 1 aliphatic carbocycles. The number of thiol groups is 1. The van der Waals surface area contributed by atoms with Gasteiger partial charge in [0, 0.05) is 11.8 Å². The minimum Gasteiger partial charge on any atom is -0.328 e. The molecule has 10 heavy (non-hydrogen) atoms. The van der Waals surface area contributed by atoms with Crippen LogP contribution in [0.25, 0.3) is 0 Å². The minimum atomic E-state index is 0.472. The van der Waals surface area contributed by atoms with Gasteiger partial charge >= 0.3 is 0 Å². The summed E-state index contributed by atoms with van der Waals surface area (Å²) in [5.41, 5.74) is 5.82. The molecule has 0 saturated heterocycles. The Morgan fingerprint density at radius 2 is 2.30 bits per heavy atom. The lowest BCUT2D eigenvalue weighted by molar-refractivity contribution is 0.349. The zero-order valence-electron chi connectivity index (χ0n) is 6.12. The summed E-state index contributed by atoms with van der Waals surface area (Å²) in [6.07, 6.45) is 5.13. The van der Waals surface area contributed by atoms with Crippen molar-refractivity contribution in [3.63, 3.8) is 0 Å². The van der Waals surface area contributed by atoms with Crippen LogP contribution in [0.3, 0.4) is 0 Å². The van der Waals surface area contributed by atoms with E-state index < -0.39 is 0 Å². The largest absolute Gasteiger partial charge is 0.328 e. The zero-order valence-corrected chi connectivity index (χ0v) is 7.83. The lowest BCUT2D eigenvalue weighted by Crippen LogP contribution is -2.28. The Bertz CT molecular complexity index is 95.6. The molecule has 0 amide bonds. The Labute approximate surface area is 71.9 Å². The Morgan fingerprint density at radius 1 is 1.50 bits per heavy atom. The highest BCUT2D eigenvalue weighted by Gasteiger charge is 2.18. The summed E-state index contributed by atoms with van der Waals surface area (Å²) in [4.78, 5) is 0. The van der Waals surface area contributed by atoms with Crippen molar-refractivity contribution in [2.45, 2.75) is 31.7 Å². The van der Waals surface area contributed by atoms with Gasteiger partial charge in [0.05, 0.1) is 0 Å². The average Bonchev–Trinajstić information content (AvgIpc) is 1.88. The molecule has 60 valence electrons. The van der Waals surface area contributed by atoms with Crippen LogP contribution in [0.5, 0.6) is 0 Å². The monoisotopic (exact) mass is 177 g/mol. The van der Waals surface area contributed by atoms with Gasteiger partial charge in [-0.1, -0.05) is 17.2 Å². The van der Waals surface area contributed by atoms with Gasteiger partial charge in [-0.25, -0.2) is 0 Å². The van der Waals surface area contributed by atoms with E-state index in [-0.39, 0.29) is 0 Å². The van der Waals surface area contributed by atoms with Crippen molar-refractivity contribution in [3.8, 4) is 0 Å². The van der Waals surface area contributed by atoms with E-state index >= 15 is 0 Å². The standard InChI is InChI=1S/C7H15NS2/c8-7-3-1-2-6(4-7)5-10-9/h6-7,9H,1-5,8H2/t6-,7-/m0/s1. The van der Waals surface area contributed by atoms with Crippen LogP contribution in [0.15, 0.2) is 0 Å². The first kappa shape index (κ1) is 8.75. The Kier molecular flexibility index (Phi) is 3.96. The van der Waals surface area contributed by atoms with E-state index in [4.69, 9.17) is 5.73 Å². The highest BCUT2D eigenvalue weighted by Crippen LogP contribution is 2.26. The van der Waals surface area contributed by atoms with Crippen LogP contribution < -0.4 is 5.73 Å². The molecule has 3 heteroatoms. The van der Waals surface area contributed by atoms with Crippen LogP contribution in [0.2, 0.25) is 0 Å².